The summed E-state index contributed by atoms with van der Waals surface area (Å²) in [5.41, 5.74) is -0.633. The molecule has 0 aromatic rings. The summed E-state index contributed by atoms with van der Waals surface area (Å²) in [6.45, 7) is 7.38. The molecule has 2 atom stereocenters. The molecule has 7 nitrogen and oxygen atoms in total. The zero-order chi connectivity index (χ0) is 15.1. The van der Waals surface area contributed by atoms with Gasteiger partial charge < -0.3 is 19.6 Å². The van der Waals surface area contributed by atoms with Gasteiger partial charge in [0.25, 0.3) is 0 Å². The molecule has 0 aromatic carbocycles. The Balaban J connectivity index is 4.68. The SMILES string of the molecule is CCOC([C@H](C=O)NC(=O)OC(C)(C)C)N(C)OC. The van der Waals surface area contributed by atoms with Gasteiger partial charge in [0.15, 0.2) is 6.23 Å². The van der Waals surface area contributed by atoms with E-state index in [1.807, 2.05) is 0 Å². The monoisotopic (exact) mass is 276 g/mol. The summed E-state index contributed by atoms with van der Waals surface area (Å²) in [7, 11) is 3.05. The molecule has 0 fully saturated rings. The molecule has 0 aliphatic rings. The molecule has 0 rings (SSSR count). The second-order valence-corrected chi connectivity index (χ2v) is 4.88. The van der Waals surface area contributed by atoms with Gasteiger partial charge in [0.05, 0.1) is 7.11 Å². The standard InChI is InChI=1S/C12H24N2O5/c1-7-18-10(14(5)17-6)9(8-15)13-11(16)19-12(2,3)4/h8-10H,7H2,1-6H3,(H,13,16)/t9-,10?/m0/s1. The number of aldehydes is 1. The first-order valence-corrected chi connectivity index (χ1v) is 6.08. The van der Waals surface area contributed by atoms with E-state index in [2.05, 4.69) is 5.32 Å². The van der Waals surface area contributed by atoms with Crippen LogP contribution in [-0.2, 0) is 19.1 Å². The number of nitrogens with one attached hydrogen (secondary N) is 1. The van der Waals surface area contributed by atoms with Crippen molar-refractivity contribution in [3.63, 3.8) is 0 Å². The fourth-order valence-electron chi connectivity index (χ4n) is 1.33. The quantitative estimate of drug-likeness (QED) is 0.423. The summed E-state index contributed by atoms with van der Waals surface area (Å²) in [6, 6.07) is -0.889. The van der Waals surface area contributed by atoms with Crippen LogP contribution in [0.1, 0.15) is 27.7 Å². The molecule has 0 aromatic heterocycles. The highest BCUT2D eigenvalue weighted by molar-refractivity contribution is 5.73. The zero-order valence-corrected chi connectivity index (χ0v) is 12.4. The van der Waals surface area contributed by atoms with Crippen molar-refractivity contribution in [2.24, 2.45) is 0 Å². The Morgan fingerprint density at radius 2 is 2.00 bits per heavy atom. The van der Waals surface area contributed by atoms with Gasteiger partial charge in [-0.15, -0.1) is 0 Å². The normalized spacial score (nSPS) is 14.9. The number of alkyl carbamates (subject to hydrolysis) is 1. The van der Waals surface area contributed by atoms with Crippen LogP contribution < -0.4 is 5.32 Å². The number of hydrogen-bond acceptors (Lipinski definition) is 6. The van der Waals surface area contributed by atoms with Crippen LogP contribution in [-0.4, -0.2) is 56.1 Å². The molecule has 0 saturated heterocycles. The molecule has 0 aliphatic carbocycles. The van der Waals surface area contributed by atoms with Gasteiger partial charge in [-0.05, 0) is 27.7 Å². The Morgan fingerprint density at radius 1 is 1.42 bits per heavy atom. The lowest BCUT2D eigenvalue weighted by molar-refractivity contribution is -0.226. The van der Waals surface area contributed by atoms with E-state index in [0.29, 0.717) is 12.9 Å². The third-order valence-electron chi connectivity index (χ3n) is 2.12. The Bertz CT molecular complexity index is 290. The number of amides is 1. The van der Waals surface area contributed by atoms with Crippen molar-refractivity contribution in [3.8, 4) is 0 Å². The first-order valence-electron chi connectivity index (χ1n) is 6.08. The molecule has 19 heavy (non-hydrogen) atoms. The molecular weight excluding hydrogens is 252 g/mol. The van der Waals surface area contributed by atoms with Crippen molar-refractivity contribution in [1.29, 1.82) is 0 Å². The van der Waals surface area contributed by atoms with Crippen LogP contribution in [0.15, 0.2) is 0 Å². The van der Waals surface area contributed by atoms with Crippen LogP contribution >= 0.6 is 0 Å². The summed E-state index contributed by atoms with van der Waals surface area (Å²) in [4.78, 5) is 27.7. The smallest absolute Gasteiger partial charge is 0.408 e. The number of rotatable bonds is 7. The fourth-order valence-corrected chi connectivity index (χ4v) is 1.33. The predicted octanol–water partition coefficient (Wildman–Crippen LogP) is 0.934. The van der Waals surface area contributed by atoms with Crippen LogP contribution in [0.5, 0.6) is 0 Å². The van der Waals surface area contributed by atoms with Crippen molar-refractivity contribution < 1.29 is 23.9 Å². The Kier molecular flexibility index (Phi) is 7.58. The highest BCUT2D eigenvalue weighted by atomic mass is 16.7. The van der Waals surface area contributed by atoms with E-state index < -0.39 is 24.0 Å². The second-order valence-electron chi connectivity index (χ2n) is 4.88. The van der Waals surface area contributed by atoms with Crippen LogP contribution in [0.25, 0.3) is 0 Å². The first-order chi connectivity index (χ1) is 8.75. The molecule has 1 N–H and O–H groups in total. The Hall–Kier alpha value is -1.18. The molecular formula is C12H24N2O5. The molecule has 0 spiro atoms. The van der Waals surface area contributed by atoms with Crippen molar-refractivity contribution in [3.05, 3.63) is 0 Å². The molecule has 0 bridgehead atoms. The van der Waals surface area contributed by atoms with Gasteiger partial charge in [0, 0.05) is 13.7 Å². The van der Waals surface area contributed by atoms with Crippen LogP contribution in [0.2, 0.25) is 0 Å². The molecule has 0 radical (unpaired) electrons. The minimum atomic E-state index is -0.889. The minimum Gasteiger partial charge on any atom is -0.444 e. The third-order valence-corrected chi connectivity index (χ3v) is 2.12. The number of carbonyl (C=O) groups excluding carboxylic acids is 2. The topological polar surface area (TPSA) is 77.1 Å². The number of nitrogens with zero attached hydrogens (tertiary/aromatic N) is 1. The fraction of sp³-hybridized carbons (Fsp3) is 0.833. The predicted molar refractivity (Wildman–Crippen MR) is 69.4 cm³/mol. The molecule has 112 valence electrons. The highest BCUT2D eigenvalue weighted by Crippen LogP contribution is 2.09. The number of hydrogen-bond donors (Lipinski definition) is 1. The lowest BCUT2D eigenvalue weighted by atomic mass is 10.2. The van der Waals surface area contributed by atoms with E-state index in [0.717, 1.165) is 0 Å². The van der Waals surface area contributed by atoms with E-state index in [-0.39, 0.29) is 0 Å². The van der Waals surface area contributed by atoms with Gasteiger partial charge in [-0.25, -0.2) is 4.79 Å². The Morgan fingerprint density at radius 3 is 2.37 bits per heavy atom. The van der Waals surface area contributed by atoms with E-state index in [1.54, 1.807) is 34.7 Å². The largest absolute Gasteiger partial charge is 0.444 e. The molecule has 7 heteroatoms. The maximum absolute atomic E-state index is 11.6. The molecule has 1 amide bonds. The van der Waals surface area contributed by atoms with Crippen molar-refractivity contribution in [2.75, 3.05) is 20.8 Å². The van der Waals surface area contributed by atoms with Gasteiger partial charge in [0.2, 0.25) is 0 Å². The summed E-state index contributed by atoms with van der Waals surface area (Å²) in [5, 5.41) is 3.79. The number of ether oxygens (including phenoxy) is 2. The van der Waals surface area contributed by atoms with Gasteiger partial charge in [-0.3, -0.25) is 4.84 Å². The lowest BCUT2D eigenvalue weighted by Gasteiger charge is -2.30. The van der Waals surface area contributed by atoms with E-state index in [1.165, 1.54) is 12.2 Å². The van der Waals surface area contributed by atoms with E-state index in [4.69, 9.17) is 14.3 Å². The van der Waals surface area contributed by atoms with Gasteiger partial charge in [-0.2, -0.15) is 5.06 Å². The van der Waals surface area contributed by atoms with Crippen molar-refractivity contribution in [2.45, 2.75) is 45.6 Å². The Labute approximate surface area is 114 Å². The average Bonchev–Trinajstić information content (AvgIpc) is 2.30. The maximum Gasteiger partial charge on any atom is 0.408 e. The second kappa shape index (κ2) is 8.08. The van der Waals surface area contributed by atoms with Crippen LogP contribution in [0.4, 0.5) is 4.79 Å². The number of carbonyl (C=O) groups is 2. The van der Waals surface area contributed by atoms with Crippen LogP contribution in [0, 0.1) is 0 Å². The average molecular weight is 276 g/mol. The third kappa shape index (κ3) is 7.09. The minimum absolute atomic E-state index is 0.374. The van der Waals surface area contributed by atoms with Crippen molar-refractivity contribution >= 4 is 12.4 Å². The van der Waals surface area contributed by atoms with Gasteiger partial charge in [-0.1, -0.05) is 0 Å². The molecule has 1 unspecified atom stereocenters. The lowest BCUT2D eigenvalue weighted by Crippen LogP contribution is -2.53. The molecule has 0 aliphatic heterocycles. The van der Waals surface area contributed by atoms with Crippen molar-refractivity contribution in [1.82, 2.24) is 10.4 Å². The van der Waals surface area contributed by atoms with E-state index in [9.17, 15) is 9.59 Å². The number of likely N-dealkylation sites (N-methyl/N-ethyl adjacent to an activating group) is 1. The molecule has 0 saturated carbocycles. The summed E-state index contributed by atoms with van der Waals surface area (Å²) in [5.74, 6) is 0. The maximum atomic E-state index is 11.6. The highest BCUT2D eigenvalue weighted by Gasteiger charge is 2.29. The summed E-state index contributed by atoms with van der Waals surface area (Å²) in [6.07, 6.45) is -0.821. The van der Waals surface area contributed by atoms with Crippen LogP contribution in [0.3, 0.4) is 0 Å². The van der Waals surface area contributed by atoms with E-state index >= 15 is 0 Å². The van der Waals surface area contributed by atoms with Gasteiger partial charge >= 0.3 is 6.09 Å². The molecule has 0 heterocycles. The number of hydroxylamine groups is 2. The van der Waals surface area contributed by atoms with Gasteiger partial charge in [0.1, 0.15) is 17.9 Å². The zero-order valence-electron chi connectivity index (χ0n) is 12.4. The first kappa shape index (κ1) is 17.8. The summed E-state index contributed by atoms with van der Waals surface area (Å²) >= 11 is 0. The summed E-state index contributed by atoms with van der Waals surface area (Å²) < 4.78 is 10.5.